The number of carbonyl (C=O) groups excluding carboxylic acids is 2. The van der Waals surface area contributed by atoms with E-state index in [4.69, 9.17) is 4.74 Å². The van der Waals surface area contributed by atoms with Gasteiger partial charge in [-0.05, 0) is 18.6 Å². The lowest BCUT2D eigenvalue weighted by Gasteiger charge is -2.26. The average molecular weight is 390 g/mol. The molecule has 4 rings (SSSR count). The lowest BCUT2D eigenvalue weighted by atomic mass is 9.94. The number of para-hydroxylation sites is 2. The zero-order valence-electron chi connectivity index (χ0n) is 16.3. The minimum Gasteiger partial charge on any atom is -0.507 e. The molecule has 6 heteroatoms. The van der Waals surface area contributed by atoms with Crippen LogP contribution in [0.3, 0.4) is 0 Å². The van der Waals surface area contributed by atoms with Crippen LogP contribution in [-0.2, 0) is 9.59 Å². The first kappa shape index (κ1) is 18.8. The van der Waals surface area contributed by atoms with Crippen LogP contribution in [0.2, 0.25) is 0 Å². The van der Waals surface area contributed by atoms with Gasteiger partial charge < -0.3 is 19.7 Å². The first-order chi connectivity index (χ1) is 14.1. The number of fused-ring (bicyclic) bond motifs is 1. The quantitative estimate of drug-likeness (QED) is 0.392. The molecular formula is C23H22N2O4. The number of hydrogen-bond acceptors (Lipinski definition) is 4. The summed E-state index contributed by atoms with van der Waals surface area (Å²) >= 11 is 0. The molecule has 0 saturated carbocycles. The number of hydrogen-bond donors (Lipinski definition) is 2. The summed E-state index contributed by atoms with van der Waals surface area (Å²) in [6.45, 7) is 2.34. The molecule has 1 unspecified atom stereocenters. The fraction of sp³-hybridized carbons (Fsp3) is 0.217. The molecule has 1 amide bonds. The van der Waals surface area contributed by atoms with Crippen molar-refractivity contribution in [1.29, 1.82) is 0 Å². The molecule has 0 aliphatic carbocycles. The molecule has 1 atom stereocenters. The number of ketones is 1. The molecule has 2 heterocycles. The number of H-pyrrole nitrogens is 1. The first-order valence-corrected chi connectivity index (χ1v) is 9.56. The van der Waals surface area contributed by atoms with Crippen LogP contribution in [0.25, 0.3) is 16.7 Å². The van der Waals surface area contributed by atoms with Crippen LogP contribution in [0.15, 0.2) is 60.3 Å². The Labute approximate surface area is 168 Å². The summed E-state index contributed by atoms with van der Waals surface area (Å²) in [4.78, 5) is 30.4. The number of likely N-dealkylation sites (tertiary alicyclic amines) is 1. The summed E-state index contributed by atoms with van der Waals surface area (Å²) in [6, 6.07) is 14.1. The summed E-state index contributed by atoms with van der Waals surface area (Å²) in [5, 5.41) is 12.0. The van der Waals surface area contributed by atoms with E-state index < -0.39 is 17.7 Å². The van der Waals surface area contributed by atoms with E-state index in [2.05, 4.69) is 4.98 Å². The Hall–Kier alpha value is -3.54. The van der Waals surface area contributed by atoms with Gasteiger partial charge in [0.2, 0.25) is 0 Å². The van der Waals surface area contributed by atoms with Crippen molar-refractivity contribution in [2.45, 2.75) is 19.4 Å². The molecule has 1 aromatic heterocycles. The third-order valence-corrected chi connectivity index (χ3v) is 5.28. The summed E-state index contributed by atoms with van der Waals surface area (Å²) in [5.74, 6) is -0.915. The fourth-order valence-electron chi connectivity index (χ4n) is 3.98. The molecule has 3 aromatic rings. The highest BCUT2D eigenvalue weighted by molar-refractivity contribution is 6.46. The van der Waals surface area contributed by atoms with E-state index in [1.165, 1.54) is 4.90 Å². The SMILES string of the molecule is CCCN1C(=O)C(=O)/C(=C(/O)c2c[nH]c3ccccc23)C1c1ccccc1OC. The first-order valence-electron chi connectivity index (χ1n) is 9.56. The van der Waals surface area contributed by atoms with Crippen molar-refractivity contribution in [3.8, 4) is 5.75 Å². The number of Topliss-reactive ketones (excluding diaryl/α,β-unsaturated/α-hetero) is 1. The van der Waals surface area contributed by atoms with Crippen LogP contribution >= 0.6 is 0 Å². The minimum atomic E-state index is -0.709. The van der Waals surface area contributed by atoms with Gasteiger partial charge in [-0.1, -0.05) is 43.3 Å². The highest BCUT2D eigenvalue weighted by Crippen LogP contribution is 2.43. The maximum atomic E-state index is 13.0. The summed E-state index contributed by atoms with van der Waals surface area (Å²) < 4.78 is 5.48. The van der Waals surface area contributed by atoms with Crippen LogP contribution in [0.5, 0.6) is 5.75 Å². The molecule has 6 nitrogen and oxygen atoms in total. The highest BCUT2D eigenvalue weighted by Gasteiger charge is 2.46. The Morgan fingerprint density at radius 1 is 1.14 bits per heavy atom. The van der Waals surface area contributed by atoms with E-state index in [1.807, 2.05) is 49.4 Å². The third kappa shape index (κ3) is 2.97. The minimum absolute atomic E-state index is 0.0812. The predicted molar refractivity (Wildman–Crippen MR) is 111 cm³/mol. The Morgan fingerprint density at radius 3 is 2.62 bits per heavy atom. The number of nitrogens with zero attached hydrogens (tertiary/aromatic N) is 1. The van der Waals surface area contributed by atoms with E-state index in [0.717, 1.165) is 10.9 Å². The Kier molecular flexibility index (Phi) is 4.84. The van der Waals surface area contributed by atoms with Gasteiger partial charge in [0.1, 0.15) is 11.5 Å². The Balaban J connectivity index is 1.97. The maximum Gasteiger partial charge on any atom is 0.295 e. The number of aromatic nitrogens is 1. The standard InChI is InChI=1S/C23H22N2O4/c1-3-12-25-20(15-9-5-7-11-18(15)29-2)19(22(27)23(25)28)21(26)16-13-24-17-10-6-4-8-14(16)17/h4-11,13,20,24,26H,3,12H2,1-2H3/b21-19+. The van der Waals surface area contributed by atoms with Crippen LogP contribution < -0.4 is 4.74 Å². The maximum absolute atomic E-state index is 13.0. The molecular weight excluding hydrogens is 368 g/mol. The molecule has 1 fully saturated rings. The fourth-order valence-corrected chi connectivity index (χ4v) is 3.98. The third-order valence-electron chi connectivity index (χ3n) is 5.28. The second kappa shape index (κ2) is 7.47. The number of benzene rings is 2. The molecule has 1 aliphatic rings. The van der Waals surface area contributed by atoms with E-state index in [-0.39, 0.29) is 11.3 Å². The lowest BCUT2D eigenvalue weighted by molar-refractivity contribution is -0.139. The zero-order chi connectivity index (χ0) is 20.5. The van der Waals surface area contributed by atoms with Crippen molar-refractivity contribution in [2.75, 3.05) is 13.7 Å². The molecule has 1 aliphatic heterocycles. The van der Waals surface area contributed by atoms with Crippen molar-refractivity contribution in [3.05, 3.63) is 71.4 Å². The molecule has 0 radical (unpaired) electrons. The van der Waals surface area contributed by atoms with Gasteiger partial charge in [0.25, 0.3) is 11.7 Å². The van der Waals surface area contributed by atoms with E-state index in [1.54, 1.807) is 19.4 Å². The molecule has 0 spiro atoms. The lowest BCUT2D eigenvalue weighted by Crippen LogP contribution is -2.30. The number of methoxy groups -OCH3 is 1. The van der Waals surface area contributed by atoms with Gasteiger partial charge in [-0.2, -0.15) is 0 Å². The number of aliphatic hydroxyl groups excluding tert-OH is 1. The largest absolute Gasteiger partial charge is 0.507 e. The van der Waals surface area contributed by atoms with Crippen LogP contribution in [-0.4, -0.2) is 40.3 Å². The number of carbonyl (C=O) groups is 2. The van der Waals surface area contributed by atoms with Gasteiger partial charge in [-0.25, -0.2) is 0 Å². The van der Waals surface area contributed by atoms with E-state index >= 15 is 0 Å². The van der Waals surface area contributed by atoms with E-state index in [0.29, 0.717) is 29.8 Å². The topological polar surface area (TPSA) is 82.6 Å². The molecule has 1 saturated heterocycles. The highest BCUT2D eigenvalue weighted by atomic mass is 16.5. The monoisotopic (exact) mass is 390 g/mol. The number of rotatable bonds is 5. The van der Waals surface area contributed by atoms with Crippen LogP contribution in [0.4, 0.5) is 0 Å². The number of ether oxygens (including phenoxy) is 1. The molecule has 29 heavy (non-hydrogen) atoms. The molecule has 2 N–H and O–H groups in total. The van der Waals surface area contributed by atoms with Gasteiger partial charge in [0, 0.05) is 34.8 Å². The Morgan fingerprint density at radius 2 is 1.86 bits per heavy atom. The van der Waals surface area contributed by atoms with Crippen LogP contribution in [0.1, 0.15) is 30.5 Å². The summed E-state index contributed by atoms with van der Waals surface area (Å²) in [5.41, 5.74) is 2.09. The number of aliphatic hydroxyl groups is 1. The van der Waals surface area contributed by atoms with Crippen molar-refractivity contribution in [1.82, 2.24) is 9.88 Å². The Bertz CT molecular complexity index is 1130. The summed E-state index contributed by atoms with van der Waals surface area (Å²) in [6.07, 6.45) is 2.35. The smallest absolute Gasteiger partial charge is 0.295 e. The molecule has 148 valence electrons. The van der Waals surface area contributed by atoms with Crippen molar-refractivity contribution < 1.29 is 19.4 Å². The zero-order valence-corrected chi connectivity index (χ0v) is 16.3. The molecule has 0 bridgehead atoms. The number of nitrogens with one attached hydrogen (secondary N) is 1. The second-order valence-corrected chi connectivity index (χ2v) is 6.98. The van der Waals surface area contributed by atoms with Crippen molar-refractivity contribution >= 4 is 28.4 Å². The van der Waals surface area contributed by atoms with Gasteiger partial charge in [0.15, 0.2) is 0 Å². The number of amides is 1. The van der Waals surface area contributed by atoms with Gasteiger partial charge >= 0.3 is 0 Å². The summed E-state index contributed by atoms with van der Waals surface area (Å²) in [7, 11) is 1.55. The number of aromatic amines is 1. The van der Waals surface area contributed by atoms with Gasteiger partial charge in [-0.15, -0.1) is 0 Å². The second-order valence-electron chi connectivity index (χ2n) is 6.98. The predicted octanol–water partition coefficient (Wildman–Crippen LogP) is 4.01. The van der Waals surface area contributed by atoms with Gasteiger partial charge in [-0.3, -0.25) is 9.59 Å². The van der Waals surface area contributed by atoms with Crippen molar-refractivity contribution in [3.63, 3.8) is 0 Å². The molecule has 2 aromatic carbocycles. The van der Waals surface area contributed by atoms with Crippen LogP contribution in [0, 0.1) is 0 Å². The van der Waals surface area contributed by atoms with E-state index in [9.17, 15) is 14.7 Å². The van der Waals surface area contributed by atoms with Gasteiger partial charge in [0.05, 0.1) is 18.7 Å². The van der Waals surface area contributed by atoms with Crippen molar-refractivity contribution in [2.24, 2.45) is 0 Å². The normalized spacial score (nSPS) is 18.6. The average Bonchev–Trinajstić information content (AvgIpc) is 3.28.